The molecule has 0 saturated carbocycles. The van der Waals surface area contributed by atoms with E-state index in [1.165, 1.54) is 0 Å². The summed E-state index contributed by atoms with van der Waals surface area (Å²) in [7, 11) is 0. The van der Waals surface area contributed by atoms with Gasteiger partial charge in [-0.25, -0.2) is 9.97 Å². The zero-order valence-corrected chi connectivity index (χ0v) is 14.0. The molecule has 0 saturated heterocycles. The maximum absolute atomic E-state index is 4.72. The summed E-state index contributed by atoms with van der Waals surface area (Å²) in [5.74, 6) is 0.632. The first kappa shape index (κ1) is 15.3. The van der Waals surface area contributed by atoms with E-state index in [9.17, 15) is 0 Å². The molecule has 112 valence electrons. The van der Waals surface area contributed by atoms with Gasteiger partial charge in [-0.05, 0) is 24.9 Å². The molecule has 0 radical (unpaired) electrons. The molecule has 0 amide bonds. The molecule has 0 fully saturated rings. The Morgan fingerprint density at radius 2 is 1.70 bits per heavy atom. The van der Waals surface area contributed by atoms with Crippen molar-refractivity contribution in [2.45, 2.75) is 0 Å². The summed E-state index contributed by atoms with van der Waals surface area (Å²) < 4.78 is 0.978. The highest BCUT2D eigenvalue weighted by Gasteiger charge is 2.14. The Kier molecular flexibility index (Phi) is 4.44. The minimum atomic E-state index is 0.632. The standard InChI is InChI=1S/C19H14BrN3/c1-3-16-18(21-2)17(13-8-5-4-6-9-13)23-19(22-16)14-10-7-11-15(20)12-14/h3-12H,1-2H2. The van der Waals surface area contributed by atoms with Gasteiger partial charge in [0.2, 0.25) is 0 Å². The molecular weight excluding hydrogens is 350 g/mol. The van der Waals surface area contributed by atoms with Crippen LogP contribution >= 0.6 is 15.9 Å². The summed E-state index contributed by atoms with van der Waals surface area (Å²) in [6, 6.07) is 17.8. The van der Waals surface area contributed by atoms with Crippen molar-refractivity contribution < 1.29 is 0 Å². The first-order valence-electron chi connectivity index (χ1n) is 7.05. The summed E-state index contributed by atoms with van der Waals surface area (Å²) in [4.78, 5) is 13.4. The maximum atomic E-state index is 4.72. The van der Waals surface area contributed by atoms with Crippen LogP contribution in [0.1, 0.15) is 5.69 Å². The Hall–Kier alpha value is -2.59. The van der Waals surface area contributed by atoms with E-state index in [4.69, 9.17) is 4.98 Å². The number of aromatic nitrogens is 2. The van der Waals surface area contributed by atoms with Gasteiger partial charge in [0.1, 0.15) is 11.4 Å². The van der Waals surface area contributed by atoms with Gasteiger partial charge in [0.25, 0.3) is 0 Å². The van der Waals surface area contributed by atoms with Gasteiger partial charge in [0.05, 0.1) is 5.69 Å². The monoisotopic (exact) mass is 363 g/mol. The third kappa shape index (κ3) is 3.12. The first-order valence-corrected chi connectivity index (χ1v) is 7.85. The Morgan fingerprint density at radius 1 is 0.957 bits per heavy atom. The van der Waals surface area contributed by atoms with Gasteiger partial charge in [-0.15, -0.1) is 0 Å². The van der Waals surface area contributed by atoms with E-state index in [1.807, 2.05) is 54.6 Å². The average Bonchev–Trinajstić information content (AvgIpc) is 2.61. The molecule has 0 aliphatic heterocycles. The van der Waals surface area contributed by atoms with Crippen LogP contribution in [0.5, 0.6) is 0 Å². The third-order valence-electron chi connectivity index (χ3n) is 3.39. The van der Waals surface area contributed by atoms with Crippen molar-refractivity contribution in [1.82, 2.24) is 9.97 Å². The fourth-order valence-electron chi connectivity index (χ4n) is 2.32. The minimum Gasteiger partial charge on any atom is -0.260 e. The van der Waals surface area contributed by atoms with Gasteiger partial charge in [0, 0.05) is 15.6 Å². The Labute approximate surface area is 143 Å². The summed E-state index contributed by atoms with van der Waals surface area (Å²) in [6.45, 7) is 7.50. The van der Waals surface area contributed by atoms with Crippen molar-refractivity contribution in [1.29, 1.82) is 0 Å². The second-order valence-electron chi connectivity index (χ2n) is 4.87. The van der Waals surface area contributed by atoms with Crippen molar-refractivity contribution in [3.05, 3.63) is 71.3 Å². The van der Waals surface area contributed by atoms with Crippen LogP contribution in [0.15, 0.2) is 70.6 Å². The lowest BCUT2D eigenvalue weighted by Crippen LogP contribution is -1.96. The predicted molar refractivity (Wildman–Crippen MR) is 99.9 cm³/mol. The van der Waals surface area contributed by atoms with Crippen LogP contribution in [0.3, 0.4) is 0 Å². The highest BCUT2D eigenvalue weighted by Crippen LogP contribution is 2.33. The lowest BCUT2D eigenvalue weighted by molar-refractivity contribution is 1.16. The number of halogens is 1. The van der Waals surface area contributed by atoms with Crippen LogP contribution in [0.4, 0.5) is 5.69 Å². The number of nitrogens with zero attached hydrogens (tertiary/aromatic N) is 3. The molecule has 2 aromatic carbocycles. The molecule has 1 aromatic heterocycles. The topological polar surface area (TPSA) is 38.1 Å². The highest BCUT2D eigenvalue weighted by molar-refractivity contribution is 9.10. The molecule has 0 aliphatic rings. The minimum absolute atomic E-state index is 0.632. The first-order chi connectivity index (χ1) is 11.2. The smallest absolute Gasteiger partial charge is 0.160 e. The van der Waals surface area contributed by atoms with Crippen LogP contribution in [0.2, 0.25) is 0 Å². The van der Waals surface area contributed by atoms with Gasteiger partial charge in [0.15, 0.2) is 5.82 Å². The Balaban J connectivity index is 2.28. The average molecular weight is 364 g/mol. The molecule has 3 rings (SSSR count). The number of hydrogen-bond acceptors (Lipinski definition) is 3. The lowest BCUT2D eigenvalue weighted by atomic mass is 10.1. The molecule has 3 aromatic rings. The Bertz CT molecular complexity index is 873. The molecule has 0 aliphatic carbocycles. The number of benzene rings is 2. The molecule has 0 atom stereocenters. The normalized spacial score (nSPS) is 10.3. The lowest BCUT2D eigenvalue weighted by Gasteiger charge is -2.11. The summed E-state index contributed by atoms with van der Waals surface area (Å²) in [6.07, 6.45) is 1.68. The second-order valence-corrected chi connectivity index (χ2v) is 5.78. The largest absolute Gasteiger partial charge is 0.260 e. The van der Waals surface area contributed by atoms with Crippen molar-refractivity contribution >= 4 is 34.4 Å². The van der Waals surface area contributed by atoms with Crippen LogP contribution in [0.25, 0.3) is 28.7 Å². The van der Waals surface area contributed by atoms with Crippen LogP contribution in [-0.4, -0.2) is 16.7 Å². The zero-order chi connectivity index (χ0) is 16.2. The van der Waals surface area contributed by atoms with E-state index in [0.717, 1.165) is 21.3 Å². The molecule has 4 heteroatoms. The summed E-state index contributed by atoms with van der Waals surface area (Å²) in [5, 5.41) is 0. The molecule has 1 heterocycles. The van der Waals surface area contributed by atoms with E-state index in [1.54, 1.807) is 6.08 Å². The van der Waals surface area contributed by atoms with E-state index in [0.29, 0.717) is 17.2 Å². The van der Waals surface area contributed by atoms with Gasteiger partial charge in [-0.1, -0.05) is 65.0 Å². The maximum Gasteiger partial charge on any atom is 0.160 e. The van der Waals surface area contributed by atoms with Gasteiger partial charge in [-0.3, -0.25) is 4.99 Å². The van der Waals surface area contributed by atoms with Crippen LogP contribution < -0.4 is 0 Å². The Morgan fingerprint density at radius 3 is 2.35 bits per heavy atom. The summed E-state index contributed by atoms with van der Waals surface area (Å²) >= 11 is 3.48. The zero-order valence-electron chi connectivity index (χ0n) is 12.4. The van der Waals surface area contributed by atoms with Crippen molar-refractivity contribution in [2.75, 3.05) is 0 Å². The van der Waals surface area contributed by atoms with Crippen molar-refractivity contribution in [3.8, 4) is 22.6 Å². The van der Waals surface area contributed by atoms with Crippen molar-refractivity contribution in [3.63, 3.8) is 0 Å². The molecular formula is C19H14BrN3. The van der Waals surface area contributed by atoms with E-state index >= 15 is 0 Å². The number of rotatable bonds is 4. The van der Waals surface area contributed by atoms with Crippen LogP contribution in [0, 0.1) is 0 Å². The van der Waals surface area contributed by atoms with Crippen molar-refractivity contribution in [2.24, 2.45) is 4.99 Å². The fourth-order valence-corrected chi connectivity index (χ4v) is 2.72. The van der Waals surface area contributed by atoms with E-state index in [2.05, 4.69) is 39.2 Å². The predicted octanol–water partition coefficient (Wildman–Crippen LogP) is 5.55. The van der Waals surface area contributed by atoms with Gasteiger partial charge < -0.3 is 0 Å². The third-order valence-corrected chi connectivity index (χ3v) is 3.89. The summed E-state index contributed by atoms with van der Waals surface area (Å²) in [5.41, 5.74) is 3.96. The van der Waals surface area contributed by atoms with Crippen LogP contribution in [-0.2, 0) is 0 Å². The highest BCUT2D eigenvalue weighted by atomic mass is 79.9. The quantitative estimate of drug-likeness (QED) is 0.570. The van der Waals surface area contributed by atoms with E-state index in [-0.39, 0.29) is 0 Å². The molecule has 23 heavy (non-hydrogen) atoms. The number of aliphatic imine (C=N–C) groups is 1. The number of hydrogen-bond donors (Lipinski definition) is 0. The SMILES string of the molecule is C=Cc1nc(-c2cccc(Br)c2)nc(-c2ccccc2)c1N=C. The van der Waals surface area contributed by atoms with E-state index < -0.39 is 0 Å². The molecule has 0 unspecified atom stereocenters. The molecule has 0 spiro atoms. The second kappa shape index (κ2) is 6.67. The molecule has 0 bridgehead atoms. The molecule has 0 N–H and O–H groups in total. The van der Waals surface area contributed by atoms with Gasteiger partial charge in [-0.2, -0.15) is 0 Å². The van der Waals surface area contributed by atoms with Gasteiger partial charge >= 0.3 is 0 Å². The fraction of sp³-hybridized carbons (Fsp3) is 0. The molecule has 3 nitrogen and oxygen atoms in total.